The van der Waals surface area contributed by atoms with Crippen LogP contribution >= 0.6 is 0 Å². The molecular weight excluding hydrogens is 237 g/mol. The fraction of sp³-hybridized carbons (Fsp3) is 0.267. The van der Waals surface area contributed by atoms with Crippen molar-refractivity contribution in [2.24, 2.45) is 0 Å². The Labute approximate surface area is 113 Å². The van der Waals surface area contributed by atoms with Crippen LogP contribution in [0.5, 0.6) is 11.6 Å². The Hall–Kier alpha value is -1.81. The maximum absolute atomic E-state index is 5.81. The van der Waals surface area contributed by atoms with E-state index in [2.05, 4.69) is 17.9 Å². The molecule has 0 amide bonds. The van der Waals surface area contributed by atoms with Crippen molar-refractivity contribution in [2.75, 3.05) is 0 Å². The van der Waals surface area contributed by atoms with Crippen LogP contribution in [0.2, 0.25) is 6.82 Å². The highest BCUT2D eigenvalue weighted by Gasteiger charge is 2.23. The molecule has 2 heterocycles. The number of pyridine rings is 1. The molecular formula is C15H16BNO2. The number of ether oxygens (including phenoxy) is 1. The van der Waals surface area contributed by atoms with E-state index in [1.54, 1.807) is 0 Å². The van der Waals surface area contributed by atoms with Gasteiger partial charge in [-0.15, -0.1) is 0 Å². The zero-order valence-electron chi connectivity index (χ0n) is 11.4. The Morgan fingerprint density at radius 1 is 1.21 bits per heavy atom. The Kier molecular flexibility index (Phi) is 3.03. The van der Waals surface area contributed by atoms with Crippen molar-refractivity contribution in [3.63, 3.8) is 0 Å². The molecule has 0 unspecified atom stereocenters. The Balaban J connectivity index is 1.86. The lowest BCUT2D eigenvalue weighted by Crippen LogP contribution is -2.23. The molecule has 0 radical (unpaired) electrons. The van der Waals surface area contributed by atoms with Gasteiger partial charge >= 0.3 is 6.92 Å². The van der Waals surface area contributed by atoms with Crippen LogP contribution < -0.4 is 10.2 Å². The molecule has 2 aromatic rings. The number of aromatic nitrogens is 1. The van der Waals surface area contributed by atoms with E-state index in [1.165, 1.54) is 16.6 Å². The highest BCUT2D eigenvalue weighted by molar-refractivity contribution is 6.67. The van der Waals surface area contributed by atoms with Gasteiger partial charge in [-0.1, -0.05) is 19.0 Å². The first-order chi connectivity index (χ1) is 9.13. The lowest BCUT2D eigenvalue weighted by atomic mass is 9.64. The largest absolute Gasteiger partial charge is 0.439 e. The van der Waals surface area contributed by atoms with Crippen LogP contribution in [0.15, 0.2) is 30.3 Å². The number of hydrogen-bond acceptors (Lipinski definition) is 3. The second kappa shape index (κ2) is 4.70. The third-order valence-corrected chi connectivity index (χ3v) is 3.59. The summed E-state index contributed by atoms with van der Waals surface area (Å²) in [6.45, 7) is 6.94. The van der Waals surface area contributed by atoms with Crippen LogP contribution in [0.3, 0.4) is 0 Å². The molecule has 0 saturated heterocycles. The van der Waals surface area contributed by atoms with E-state index in [1.807, 2.05) is 38.1 Å². The average molecular weight is 253 g/mol. The standard InChI is InChI=1S/C15H16BNO2/c1-10-4-7-15(17-11(10)2)19-13-5-6-14-12(8-13)9-18-16(14)3/h4-8H,9H2,1-3H3. The van der Waals surface area contributed by atoms with Gasteiger partial charge in [0.2, 0.25) is 5.88 Å². The first kappa shape index (κ1) is 12.2. The van der Waals surface area contributed by atoms with E-state index >= 15 is 0 Å². The number of hydrogen-bond donors (Lipinski definition) is 0. The van der Waals surface area contributed by atoms with E-state index in [4.69, 9.17) is 9.39 Å². The van der Waals surface area contributed by atoms with E-state index in [9.17, 15) is 0 Å². The fourth-order valence-corrected chi connectivity index (χ4v) is 2.26. The molecule has 1 aromatic heterocycles. The molecule has 1 aliphatic heterocycles. The van der Waals surface area contributed by atoms with Gasteiger partial charge in [-0.25, -0.2) is 4.98 Å². The molecule has 4 heteroatoms. The highest BCUT2D eigenvalue weighted by Crippen LogP contribution is 2.23. The molecule has 0 atom stereocenters. The summed E-state index contributed by atoms with van der Waals surface area (Å²) in [6.07, 6.45) is 0. The maximum atomic E-state index is 5.81. The monoisotopic (exact) mass is 253 g/mol. The van der Waals surface area contributed by atoms with Crippen LogP contribution in [0.25, 0.3) is 0 Å². The second-order valence-electron chi connectivity index (χ2n) is 4.97. The summed E-state index contributed by atoms with van der Waals surface area (Å²) >= 11 is 0. The van der Waals surface area contributed by atoms with Gasteiger partial charge in [-0.05, 0) is 42.6 Å². The van der Waals surface area contributed by atoms with Gasteiger partial charge in [0.05, 0.1) is 6.61 Å². The number of nitrogens with zero attached hydrogens (tertiary/aromatic N) is 1. The summed E-state index contributed by atoms with van der Waals surface area (Å²) in [5, 5.41) is 0. The van der Waals surface area contributed by atoms with Gasteiger partial charge in [0.15, 0.2) is 0 Å². The molecule has 0 N–H and O–H groups in total. The lowest BCUT2D eigenvalue weighted by Gasteiger charge is -2.08. The van der Waals surface area contributed by atoms with Crippen molar-refractivity contribution < 1.29 is 9.39 Å². The molecule has 0 aliphatic carbocycles. The number of fused-ring (bicyclic) bond motifs is 1. The van der Waals surface area contributed by atoms with E-state index in [0.29, 0.717) is 12.5 Å². The van der Waals surface area contributed by atoms with Gasteiger partial charge in [-0.3, -0.25) is 0 Å². The zero-order chi connectivity index (χ0) is 13.4. The Morgan fingerprint density at radius 3 is 2.84 bits per heavy atom. The van der Waals surface area contributed by atoms with Crippen molar-refractivity contribution in [1.82, 2.24) is 4.98 Å². The van der Waals surface area contributed by atoms with Crippen LogP contribution in [-0.4, -0.2) is 11.9 Å². The van der Waals surface area contributed by atoms with Crippen LogP contribution in [0.1, 0.15) is 16.8 Å². The van der Waals surface area contributed by atoms with E-state index < -0.39 is 0 Å². The smallest absolute Gasteiger partial charge is 0.324 e. The van der Waals surface area contributed by atoms with Crippen LogP contribution in [-0.2, 0) is 11.3 Å². The zero-order valence-corrected chi connectivity index (χ0v) is 11.4. The number of benzene rings is 1. The second-order valence-corrected chi connectivity index (χ2v) is 4.97. The predicted molar refractivity (Wildman–Crippen MR) is 76.3 cm³/mol. The molecule has 0 bridgehead atoms. The SMILES string of the molecule is CB1OCc2cc(Oc3ccc(C)c(C)n3)ccc21. The third kappa shape index (κ3) is 2.36. The third-order valence-electron chi connectivity index (χ3n) is 3.59. The number of aryl methyl sites for hydroxylation is 2. The topological polar surface area (TPSA) is 31.4 Å². The summed E-state index contributed by atoms with van der Waals surface area (Å²) in [5.74, 6) is 1.45. The Bertz CT molecular complexity index is 628. The van der Waals surface area contributed by atoms with Crippen molar-refractivity contribution in [3.8, 4) is 11.6 Å². The normalized spacial score (nSPS) is 13.5. The quantitative estimate of drug-likeness (QED) is 0.771. The minimum Gasteiger partial charge on any atom is -0.439 e. The minimum absolute atomic E-state index is 0.184. The molecule has 19 heavy (non-hydrogen) atoms. The van der Waals surface area contributed by atoms with Gasteiger partial charge in [0.1, 0.15) is 5.75 Å². The van der Waals surface area contributed by atoms with Crippen LogP contribution in [0, 0.1) is 13.8 Å². The lowest BCUT2D eigenvalue weighted by molar-refractivity contribution is 0.333. The van der Waals surface area contributed by atoms with Crippen LogP contribution in [0.4, 0.5) is 0 Å². The molecule has 1 aliphatic rings. The summed E-state index contributed by atoms with van der Waals surface area (Å²) in [7, 11) is 0. The summed E-state index contributed by atoms with van der Waals surface area (Å²) in [6, 6.07) is 10.0. The first-order valence-electron chi connectivity index (χ1n) is 6.50. The molecule has 1 aromatic carbocycles. The van der Waals surface area contributed by atoms with Gasteiger partial charge in [-0.2, -0.15) is 0 Å². The molecule has 96 valence electrons. The summed E-state index contributed by atoms with van der Waals surface area (Å²) in [5.41, 5.74) is 4.62. The van der Waals surface area contributed by atoms with E-state index in [0.717, 1.165) is 11.4 Å². The predicted octanol–water partition coefficient (Wildman–Crippen LogP) is 2.85. The molecule has 0 fully saturated rings. The summed E-state index contributed by atoms with van der Waals surface area (Å²) < 4.78 is 11.4. The minimum atomic E-state index is 0.184. The molecule has 3 nitrogen and oxygen atoms in total. The average Bonchev–Trinajstić information content (AvgIpc) is 2.75. The van der Waals surface area contributed by atoms with Crippen molar-refractivity contribution in [3.05, 3.63) is 47.2 Å². The molecule has 3 rings (SSSR count). The highest BCUT2D eigenvalue weighted by atomic mass is 16.5. The van der Waals surface area contributed by atoms with Crippen molar-refractivity contribution in [1.29, 1.82) is 0 Å². The van der Waals surface area contributed by atoms with Gasteiger partial charge in [0.25, 0.3) is 0 Å². The van der Waals surface area contributed by atoms with Crippen molar-refractivity contribution >= 4 is 12.4 Å². The molecule has 0 spiro atoms. The fourth-order valence-electron chi connectivity index (χ4n) is 2.26. The number of rotatable bonds is 2. The van der Waals surface area contributed by atoms with Gasteiger partial charge < -0.3 is 9.39 Å². The maximum Gasteiger partial charge on any atom is 0.324 e. The molecule has 0 saturated carbocycles. The van der Waals surface area contributed by atoms with Crippen molar-refractivity contribution in [2.45, 2.75) is 27.3 Å². The van der Waals surface area contributed by atoms with Gasteiger partial charge in [0, 0.05) is 11.8 Å². The first-order valence-corrected chi connectivity index (χ1v) is 6.50. The van der Waals surface area contributed by atoms with E-state index in [-0.39, 0.29) is 6.92 Å². The Morgan fingerprint density at radius 2 is 2.05 bits per heavy atom. The summed E-state index contributed by atoms with van der Waals surface area (Å²) in [4.78, 5) is 4.42.